The summed E-state index contributed by atoms with van der Waals surface area (Å²) >= 11 is 0. The third-order valence-electron chi connectivity index (χ3n) is 5.61. The average molecular weight is 450 g/mol. The first kappa shape index (κ1) is 27.6. The Kier molecular flexibility index (Phi) is 14.8. The number of nitro benzene ring substituents is 1. The highest BCUT2D eigenvalue weighted by Gasteiger charge is 2.20. The summed E-state index contributed by atoms with van der Waals surface area (Å²) in [5, 5.41) is 20.0. The lowest BCUT2D eigenvalue weighted by atomic mass is 10.0. The van der Waals surface area contributed by atoms with Crippen LogP contribution in [0.25, 0.3) is 0 Å². The van der Waals surface area contributed by atoms with Crippen molar-refractivity contribution in [2.24, 2.45) is 0 Å². The standard InChI is InChI=1S/C25H39NO6/c1-2-3-4-5-6-7-8-9-10-11-12-13-14-15-16-17-24(27)32-23-19-18-21(25(28)29)20-22(23)26(30)31/h18-20H,2-17H2,1H3,(H,28,29). The molecular formula is C25H39NO6. The highest BCUT2D eigenvalue weighted by atomic mass is 16.6. The molecule has 7 nitrogen and oxygen atoms in total. The molecule has 0 amide bonds. The zero-order valence-electron chi connectivity index (χ0n) is 19.5. The number of rotatable bonds is 19. The van der Waals surface area contributed by atoms with E-state index < -0.39 is 22.5 Å². The van der Waals surface area contributed by atoms with E-state index in [1.807, 2.05) is 0 Å². The molecule has 1 rings (SSSR count). The number of aromatic carboxylic acids is 1. The van der Waals surface area contributed by atoms with Crippen LogP contribution in [0.3, 0.4) is 0 Å². The summed E-state index contributed by atoms with van der Waals surface area (Å²) in [4.78, 5) is 33.3. The number of nitrogens with zero attached hydrogens (tertiary/aromatic N) is 1. The van der Waals surface area contributed by atoms with Crippen LogP contribution in [-0.4, -0.2) is 22.0 Å². The first-order valence-corrected chi connectivity index (χ1v) is 12.2. The van der Waals surface area contributed by atoms with Gasteiger partial charge in [-0.15, -0.1) is 0 Å². The van der Waals surface area contributed by atoms with Crippen LogP contribution in [0, 0.1) is 10.1 Å². The lowest BCUT2D eigenvalue weighted by molar-refractivity contribution is -0.385. The van der Waals surface area contributed by atoms with E-state index in [1.165, 1.54) is 76.7 Å². The summed E-state index contributed by atoms with van der Waals surface area (Å²) in [6, 6.07) is 3.25. The lowest BCUT2D eigenvalue weighted by Gasteiger charge is -2.06. The van der Waals surface area contributed by atoms with Gasteiger partial charge in [0.25, 0.3) is 0 Å². The second-order valence-corrected chi connectivity index (χ2v) is 8.42. The zero-order valence-corrected chi connectivity index (χ0v) is 19.5. The maximum absolute atomic E-state index is 12.0. The first-order chi connectivity index (χ1) is 15.5. The molecular weight excluding hydrogens is 410 g/mol. The molecule has 0 aromatic heterocycles. The van der Waals surface area contributed by atoms with Crippen LogP contribution in [-0.2, 0) is 4.79 Å². The predicted octanol–water partition coefficient (Wildman–Crippen LogP) is 7.46. The van der Waals surface area contributed by atoms with Gasteiger partial charge in [-0.25, -0.2) is 4.79 Å². The molecule has 32 heavy (non-hydrogen) atoms. The Labute approximate surface area is 191 Å². The maximum atomic E-state index is 12.0. The van der Waals surface area contributed by atoms with Gasteiger partial charge in [0.15, 0.2) is 0 Å². The minimum Gasteiger partial charge on any atom is -0.478 e. The van der Waals surface area contributed by atoms with Crippen molar-refractivity contribution in [3.05, 3.63) is 33.9 Å². The molecule has 1 aromatic carbocycles. The summed E-state index contributed by atoms with van der Waals surface area (Å²) in [5.41, 5.74) is -0.742. The number of hydrogen-bond acceptors (Lipinski definition) is 5. The molecule has 7 heteroatoms. The van der Waals surface area contributed by atoms with Gasteiger partial charge in [0.1, 0.15) is 0 Å². The van der Waals surface area contributed by atoms with E-state index in [0.29, 0.717) is 6.42 Å². The quantitative estimate of drug-likeness (QED) is 0.0772. The molecule has 0 aliphatic rings. The Hall–Kier alpha value is -2.44. The number of hydrogen-bond donors (Lipinski definition) is 1. The average Bonchev–Trinajstić information content (AvgIpc) is 2.76. The fourth-order valence-corrected chi connectivity index (χ4v) is 3.69. The van der Waals surface area contributed by atoms with Crippen molar-refractivity contribution in [2.45, 2.75) is 110 Å². The SMILES string of the molecule is CCCCCCCCCCCCCCCCCC(=O)Oc1ccc(C(=O)O)cc1[N+](=O)[O-]. The Morgan fingerprint density at radius 1 is 0.844 bits per heavy atom. The highest BCUT2D eigenvalue weighted by molar-refractivity contribution is 5.89. The van der Waals surface area contributed by atoms with E-state index in [-0.39, 0.29) is 17.7 Å². The third-order valence-corrected chi connectivity index (χ3v) is 5.61. The summed E-state index contributed by atoms with van der Waals surface area (Å²) in [6.45, 7) is 2.25. The van der Waals surface area contributed by atoms with E-state index in [0.717, 1.165) is 31.4 Å². The lowest BCUT2D eigenvalue weighted by Crippen LogP contribution is -2.09. The summed E-state index contributed by atoms with van der Waals surface area (Å²) < 4.78 is 5.09. The first-order valence-electron chi connectivity index (χ1n) is 12.2. The van der Waals surface area contributed by atoms with Crippen molar-refractivity contribution in [1.29, 1.82) is 0 Å². The van der Waals surface area contributed by atoms with E-state index in [1.54, 1.807) is 0 Å². The van der Waals surface area contributed by atoms with Crippen molar-refractivity contribution in [1.82, 2.24) is 0 Å². The van der Waals surface area contributed by atoms with Crippen molar-refractivity contribution >= 4 is 17.6 Å². The minimum atomic E-state index is -1.27. The number of nitro groups is 1. The van der Waals surface area contributed by atoms with Gasteiger partial charge in [0.2, 0.25) is 5.75 Å². The van der Waals surface area contributed by atoms with E-state index in [9.17, 15) is 19.7 Å². The van der Waals surface area contributed by atoms with Gasteiger partial charge in [-0.3, -0.25) is 14.9 Å². The van der Waals surface area contributed by atoms with Gasteiger partial charge in [-0.1, -0.05) is 96.8 Å². The number of carboxylic acid groups (broad SMARTS) is 1. The molecule has 0 bridgehead atoms. The number of unbranched alkanes of at least 4 members (excludes halogenated alkanes) is 14. The Balaban J connectivity index is 2.07. The molecule has 0 aliphatic carbocycles. The van der Waals surface area contributed by atoms with Crippen LogP contribution in [0.2, 0.25) is 0 Å². The number of ether oxygens (including phenoxy) is 1. The topological polar surface area (TPSA) is 107 Å². The fourth-order valence-electron chi connectivity index (χ4n) is 3.69. The van der Waals surface area contributed by atoms with Gasteiger partial charge in [0.05, 0.1) is 10.5 Å². The molecule has 1 aromatic rings. The largest absolute Gasteiger partial charge is 0.478 e. The van der Waals surface area contributed by atoms with Gasteiger partial charge in [0, 0.05) is 12.5 Å². The summed E-state index contributed by atoms with van der Waals surface area (Å²) in [6.07, 6.45) is 18.7. The second kappa shape index (κ2) is 17.2. The molecule has 0 aliphatic heterocycles. The molecule has 0 fully saturated rings. The monoisotopic (exact) mass is 449 g/mol. The number of benzene rings is 1. The molecule has 0 spiro atoms. The van der Waals surface area contributed by atoms with Crippen LogP contribution in [0.15, 0.2) is 18.2 Å². The molecule has 0 radical (unpaired) electrons. The van der Waals surface area contributed by atoms with E-state index in [2.05, 4.69) is 6.92 Å². The van der Waals surface area contributed by atoms with Crippen LogP contribution in [0.4, 0.5) is 5.69 Å². The molecule has 0 unspecified atom stereocenters. The molecule has 0 heterocycles. The molecule has 1 N–H and O–H groups in total. The van der Waals surface area contributed by atoms with Gasteiger partial charge >= 0.3 is 17.6 Å². The van der Waals surface area contributed by atoms with Crippen LogP contribution in [0.1, 0.15) is 120 Å². The number of esters is 1. The minimum absolute atomic E-state index is 0.191. The van der Waals surface area contributed by atoms with Gasteiger partial charge in [-0.2, -0.15) is 0 Å². The Bertz CT molecular complexity index is 704. The Morgan fingerprint density at radius 3 is 1.75 bits per heavy atom. The summed E-state index contributed by atoms with van der Waals surface area (Å²) in [5.74, 6) is -2.03. The van der Waals surface area contributed by atoms with Crippen molar-refractivity contribution in [3.63, 3.8) is 0 Å². The van der Waals surface area contributed by atoms with E-state index >= 15 is 0 Å². The predicted molar refractivity (Wildman–Crippen MR) is 125 cm³/mol. The van der Waals surface area contributed by atoms with Crippen LogP contribution >= 0.6 is 0 Å². The smallest absolute Gasteiger partial charge is 0.335 e. The summed E-state index contributed by atoms with van der Waals surface area (Å²) in [7, 11) is 0. The highest BCUT2D eigenvalue weighted by Crippen LogP contribution is 2.28. The van der Waals surface area contributed by atoms with Crippen molar-refractivity contribution in [3.8, 4) is 5.75 Å². The fraction of sp³-hybridized carbons (Fsp3) is 0.680. The van der Waals surface area contributed by atoms with Crippen molar-refractivity contribution < 1.29 is 24.4 Å². The van der Waals surface area contributed by atoms with Crippen LogP contribution < -0.4 is 4.74 Å². The maximum Gasteiger partial charge on any atom is 0.335 e. The second-order valence-electron chi connectivity index (χ2n) is 8.42. The zero-order chi connectivity index (χ0) is 23.6. The van der Waals surface area contributed by atoms with Crippen LogP contribution in [0.5, 0.6) is 5.75 Å². The normalized spacial score (nSPS) is 10.8. The molecule has 0 saturated heterocycles. The number of carbonyl (C=O) groups is 2. The van der Waals surface area contributed by atoms with E-state index in [4.69, 9.17) is 9.84 Å². The molecule has 0 saturated carbocycles. The van der Waals surface area contributed by atoms with Crippen molar-refractivity contribution in [2.75, 3.05) is 0 Å². The van der Waals surface area contributed by atoms with Gasteiger partial charge < -0.3 is 9.84 Å². The Morgan fingerprint density at radius 2 is 1.31 bits per heavy atom. The molecule has 180 valence electrons. The third kappa shape index (κ3) is 12.4. The van der Waals surface area contributed by atoms with Gasteiger partial charge in [-0.05, 0) is 18.6 Å². The number of carbonyl (C=O) groups excluding carboxylic acids is 1. The number of carboxylic acids is 1. The molecule has 0 atom stereocenters.